The van der Waals surface area contributed by atoms with Crippen LogP contribution >= 0.6 is 0 Å². The summed E-state index contributed by atoms with van der Waals surface area (Å²) in [5, 5.41) is 0. The molecule has 0 aromatic heterocycles. The van der Waals surface area contributed by atoms with Gasteiger partial charge < -0.3 is 19.9 Å². The summed E-state index contributed by atoms with van der Waals surface area (Å²) < 4.78 is 16.5. The van der Waals surface area contributed by atoms with Gasteiger partial charge in [0.2, 0.25) is 0 Å². The van der Waals surface area contributed by atoms with E-state index in [4.69, 9.17) is 19.9 Å². The molecule has 0 amide bonds. The lowest BCUT2D eigenvalue weighted by Gasteiger charge is -2.15. The Labute approximate surface area is 107 Å². The van der Waals surface area contributed by atoms with E-state index in [1.807, 2.05) is 30.4 Å². The average Bonchev–Trinajstić information content (AvgIpc) is 2.89. The van der Waals surface area contributed by atoms with Gasteiger partial charge in [0.05, 0.1) is 20.3 Å². The van der Waals surface area contributed by atoms with Gasteiger partial charge in [-0.3, -0.25) is 0 Å². The van der Waals surface area contributed by atoms with Gasteiger partial charge in [0.15, 0.2) is 11.5 Å². The normalized spacial score (nSPS) is 19.3. The van der Waals surface area contributed by atoms with Crippen molar-refractivity contribution in [3.05, 3.63) is 29.8 Å². The van der Waals surface area contributed by atoms with Crippen molar-refractivity contribution < 1.29 is 14.2 Å². The highest BCUT2D eigenvalue weighted by molar-refractivity contribution is 5.56. The number of benzene rings is 1. The second-order valence-corrected chi connectivity index (χ2v) is 4.15. The Morgan fingerprint density at radius 3 is 3.00 bits per heavy atom. The first-order chi connectivity index (χ1) is 8.83. The van der Waals surface area contributed by atoms with Crippen LogP contribution in [-0.2, 0) is 4.74 Å². The molecule has 4 heteroatoms. The second-order valence-electron chi connectivity index (χ2n) is 4.15. The molecular weight excluding hydrogens is 230 g/mol. The van der Waals surface area contributed by atoms with Crippen LogP contribution in [0.2, 0.25) is 0 Å². The zero-order valence-electron chi connectivity index (χ0n) is 10.6. The van der Waals surface area contributed by atoms with Crippen molar-refractivity contribution in [2.24, 2.45) is 5.73 Å². The number of hydrogen-bond donors (Lipinski definition) is 1. The third kappa shape index (κ3) is 3.24. The van der Waals surface area contributed by atoms with Crippen LogP contribution in [0, 0.1) is 0 Å². The van der Waals surface area contributed by atoms with Crippen LogP contribution < -0.4 is 15.2 Å². The quantitative estimate of drug-likeness (QED) is 0.865. The third-order valence-corrected chi connectivity index (χ3v) is 2.82. The summed E-state index contributed by atoms with van der Waals surface area (Å²) in [5.41, 5.74) is 6.49. The highest BCUT2D eigenvalue weighted by Gasteiger charge is 2.19. The van der Waals surface area contributed by atoms with Crippen LogP contribution in [0.1, 0.15) is 12.0 Å². The molecule has 1 saturated heterocycles. The number of hydrogen-bond acceptors (Lipinski definition) is 4. The fraction of sp³-hybridized carbons (Fsp3) is 0.429. The van der Waals surface area contributed by atoms with Gasteiger partial charge in [0, 0.05) is 13.0 Å². The number of methoxy groups -OCH3 is 1. The smallest absolute Gasteiger partial charge is 0.162 e. The fourth-order valence-corrected chi connectivity index (χ4v) is 1.88. The van der Waals surface area contributed by atoms with Crippen LogP contribution in [0.5, 0.6) is 11.5 Å². The Balaban J connectivity index is 2.15. The van der Waals surface area contributed by atoms with Crippen LogP contribution in [0.15, 0.2) is 24.3 Å². The molecule has 0 bridgehead atoms. The largest absolute Gasteiger partial charge is 0.493 e. The molecule has 1 aromatic rings. The Morgan fingerprint density at radius 1 is 1.44 bits per heavy atom. The van der Waals surface area contributed by atoms with Crippen molar-refractivity contribution in [1.82, 2.24) is 0 Å². The van der Waals surface area contributed by atoms with Crippen LogP contribution in [-0.4, -0.2) is 33.0 Å². The average molecular weight is 249 g/mol. The standard InChI is InChI=1S/C14H19NO3/c1-16-13-5-4-11(3-2-7-15)9-14(13)18-12-6-8-17-10-12/h2-5,9,12H,6-8,10,15H2,1H3/b3-2+. The predicted molar refractivity (Wildman–Crippen MR) is 70.9 cm³/mol. The predicted octanol–water partition coefficient (Wildman–Crippen LogP) is 1.83. The van der Waals surface area contributed by atoms with E-state index in [2.05, 4.69) is 0 Å². The number of rotatable bonds is 5. The van der Waals surface area contributed by atoms with Crippen molar-refractivity contribution in [2.45, 2.75) is 12.5 Å². The molecule has 2 rings (SSSR count). The van der Waals surface area contributed by atoms with Crippen molar-refractivity contribution in [3.63, 3.8) is 0 Å². The zero-order chi connectivity index (χ0) is 12.8. The van der Waals surface area contributed by atoms with E-state index in [0.29, 0.717) is 13.2 Å². The highest BCUT2D eigenvalue weighted by atomic mass is 16.6. The molecule has 1 heterocycles. The number of ether oxygens (including phenoxy) is 3. The summed E-state index contributed by atoms with van der Waals surface area (Å²) in [7, 11) is 1.64. The number of nitrogens with two attached hydrogens (primary N) is 1. The Kier molecular flexibility index (Phi) is 4.61. The van der Waals surface area contributed by atoms with Gasteiger partial charge in [-0.2, -0.15) is 0 Å². The van der Waals surface area contributed by atoms with Crippen LogP contribution in [0.3, 0.4) is 0 Å². The Morgan fingerprint density at radius 2 is 2.33 bits per heavy atom. The molecule has 0 aliphatic carbocycles. The first-order valence-electron chi connectivity index (χ1n) is 6.12. The molecule has 1 aliphatic heterocycles. The lowest BCUT2D eigenvalue weighted by Crippen LogP contribution is -2.16. The van der Waals surface area contributed by atoms with Gasteiger partial charge in [0.1, 0.15) is 6.10 Å². The monoisotopic (exact) mass is 249 g/mol. The van der Waals surface area contributed by atoms with E-state index < -0.39 is 0 Å². The van der Waals surface area contributed by atoms with Gasteiger partial charge in [-0.15, -0.1) is 0 Å². The molecule has 0 spiro atoms. The van der Waals surface area contributed by atoms with Crippen molar-refractivity contribution in [1.29, 1.82) is 0 Å². The minimum Gasteiger partial charge on any atom is -0.493 e. The molecule has 4 nitrogen and oxygen atoms in total. The molecule has 2 N–H and O–H groups in total. The first kappa shape index (κ1) is 12.9. The van der Waals surface area contributed by atoms with E-state index in [1.165, 1.54) is 0 Å². The van der Waals surface area contributed by atoms with Crippen LogP contribution in [0.25, 0.3) is 6.08 Å². The molecule has 98 valence electrons. The van der Waals surface area contributed by atoms with Gasteiger partial charge in [-0.25, -0.2) is 0 Å². The topological polar surface area (TPSA) is 53.7 Å². The van der Waals surface area contributed by atoms with Crippen molar-refractivity contribution >= 4 is 6.08 Å². The van der Waals surface area contributed by atoms with E-state index in [0.717, 1.165) is 30.1 Å². The molecule has 1 fully saturated rings. The summed E-state index contributed by atoms with van der Waals surface area (Å²) >= 11 is 0. The van der Waals surface area contributed by atoms with Crippen molar-refractivity contribution in [2.75, 3.05) is 26.9 Å². The van der Waals surface area contributed by atoms with Crippen LogP contribution in [0.4, 0.5) is 0 Å². The van der Waals surface area contributed by atoms with E-state index in [-0.39, 0.29) is 6.10 Å². The third-order valence-electron chi connectivity index (χ3n) is 2.82. The highest BCUT2D eigenvalue weighted by Crippen LogP contribution is 2.30. The molecular formula is C14H19NO3. The molecule has 1 aliphatic rings. The second kappa shape index (κ2) is 6.42. The van der Waals surface area contributed by atoms with Crippen molar-refractivity contribution in [3.8, 4) is 11.5 Å². The van der Waals surface area contributed by atoms with Gasteiger partial charge in [0.25, 0.3) is 0 Å². The zero-order valence-corrected chi connectivity index (χ0v) is 10.6. The summed E-state index contributed by atoms with van der Waals surface area (Å²) in [6, 6.07) is 5.84. The maximum absolute atomic E-state index is 5.90. The first-order valence-corrected chi connectivity index (χ1v) is 6.12. The molecule has 1 atom stereocenters. The summed E-state index contributed by atoms with van der Waals surface area (Å²) in [6.07, 6.45) is 4.92. The minimum atomic E-state index is 0.118. The molecule has 18 heavy (non-hydrogen) atoms. The SMILES string of the molecule is COc1ccc(/C=C/CN)cc1OC1CCOC1. The summed E-state index contributed by atoms with van der Waals surface area (Å²) in [6.45, 7) is 1.93. The Hall–Kier alpha value is -1.52. The van der Waals surface area contributed by atoms with E-state index in [1.54, 1.807) is 7.11 Å². The Bertz CT molecular complexity index is 412. The van der Waals surface area contributed by atoms with Gasteiger partial charge >= 0.3 is 0 Å². The van der Waals surface area contributed by atoms with E-state index in [9.17, 15) is 0 Å². The van der Waals surface area contributed by atoms with E-state index >= 15 is 0 Å². The fourth-order valence-electron chi connectivity index (χ4n) is 1.88. The summed E-state index contributed by atoms with van der Waals surface area (Å²) in [5.74, 6) is 1.50. The molecule has 0 radical (unpaired) electrons. The lowest BCUT2D eigenvalue weighted by atomic mass is 10.2. The lowest BCUT2D eigenvalue weighted by molar-refractivity contribution is 0.138. The van der Waals surface area contributed by atoms with Gasteiger partial charge in [-0.1, -0.05) is 18.2 Å². The molecule has 1 aromatic carbocycles. The molecule has 0 saturated carbocycles. The maximum Gasteiger partial charge on any atom is 0.162 e. The maximum atomic E-state index is 5.90. The summed E-state index contributed by atoms with van der Waals surface area (Å²) in [4.78, 5) is 0. The minimum absolute atomic E-state index is 0.118. The van der Waals surface area contributed by atoms with Gasteiger partial charge in [-0.05, 0) is 17.7 Å². The molecule has 1 unspecified atom stereocenters.